The number of hydrogen-bond donors (Lipinski definition) is 1. The maximum atomic E-state index is 13.0. The van der Waals surface area contributed by atoms with Crippen LogP contribution in [0.2, 0.25) is 0 Å². The molecule has 9 heteroatoms. The Hall–Kier alpha value is -2.88. The molecule has 1 fully saturated rings. The number of anilines is 1. The second-order valence-electron chi connectivity index (χ2n) is 7.53. The Bertz CT molecular complexity index is 1090. The zero-order chi connectivity index (χ0) is 23.8. The van der Waals surface area contributed by atoms with Crippen LogP contribution in [0, 0.1) is 6.92 Å². The number of ether oxygens (including phenoxy) is 3. The van der Waals surface area contributed by atoms with Crippen molar-refractivity contribution in [2.45, 2.75) is 25.2 Å². The molecular weight excluding hydrogens is 444 g/mol. The van der Waals surface area contributed by atoms with Gasteiger partial charge in [-0.25, -0.2) is 8.42 Å². The lowest BCUT2D eigenvalue weighted by molar-refractivity contribution is -0.118. The van der Waals surface area contributed by atoms with Crippen molar-refractivity contribution in [2.24, 2.45) is 0 Å². The normalized spacial score (nSPS) is 14.5. The number of carbonyl (C=O) groups is 1. The maximum Gasteiger partial charge on any atom is 0.262 e. The van der Waals surface area contributed by atoms with E-state index in [-0.39, 0.29) is 11.5 Å². The third-order valence-corrected chi connectivity index (χ3v) is 7.17. The Labute approximate surface area is 195 Å². The Kier molecular flexibility index (Phi) is 8.49. The molecule has 1 amide bonds. The standard InChI is InChI=1S/C24H30N2O6S/c1-4-6-19-15-21(31-5-2)9-10-22(19)32-17-24(27)25-20-8-7-18(3)23(16-20)33(28,29)26-11-13-30-14-12-26/h4,7-10,15-16H,1,5-6,11-14,17H2,2-3H3,(H,25,27). The lowest BCUT2D eigenvalue weighted by atomic mass is 10.1. The van der Waals surface area contributed by atoms with Crippen molar-refractivity contribution in [1.29, 1.82) is 0 Å². The van der Waals surface area contributed by atoms with Crippen LogP contribution in [-0.4, -0.2) is 58.1 Å². The average molecular weight is 475 g/mol. The zero-order valence-corrected chi connectivity index (χ0v) is 19.8. The second-order valence-corrected chi connectivity index (χ2v) is 9.44. The maximum absolute atomic E-state index is 13.0. The molecule has 2 aromatic rings. The summed E-state index contributed by atoms with van der Waals surface area (Å²) in [5, 5.41) is 2.72. The van der Waals surface area contributed by atoms with E-state index in [2.05, 4.69) is 11.9 Å². The molecule has 178 valence electrons. The van der Waals surface area contributed by atoms with Crippen LogP contribution in [0.1, 0.15) is 18.1 Å². The SMILES string of the molecule is C=CCc1cc(OCC)ccc1OCC(=O)Nc1ccc(C)c(S(=O)(=O)N2CCOCC2)c1. The number of sulfonamides is 1. The molecule has 0 radical (unpaired) electrons. The zero-order valence-electron chi connectivity index (χ0n) is 19.0. The summed E-state index contributed by atoms with van der Waals surface area (Å²) < 4.78 is 44.0. The number of benzene rings is 2. The minimum absolute atomic E-state index is 0.169. The lowest BCUT2D eigenvalue weighted by Gasteiger charge is -2.26. The number of hydrogen-bond acceptors (Lipinski definition) is 6. The van der Waals surface area contributed by atoms with E-state index in [0.717, 1.165) is 11.3 Å². The van der Waals surface area contributed by atoms with Gasteiger partial charge in [-0.05, 0) is 56.2 Å². The number of nitrogens with zero attached hydrogens (tertiary/aromatic N) is 1. The Morgan fingerprint density at radius 1 is 1.18 bits per heavy atom. The lowest BCUT2D eigenvalue weighted by Crippen LogP contribution is -2.40. The van der Waals surface area contributed by atoms with Gasteiger partial charge in [-0.2, -0.15) is 4.31 Å². The predicted octanol–water partition coefficient (Wildman–Crippen LogP) is 3.16. The van der Waals surface area contributed by atoms with E-state index in [0.29, 0.717) is 56.3 Å². The summed E-state index contributed by atoms with van der Waals surface area (Å²) in [6, 6.07) is 10.2. The number of amides is 1. The Morgan fingerprint density at radius 3 is 2.64 bits per heavy atom. The van der Waals surface area contributed by atoms with Crippen LogP contribution < -0.4 is 14.8 Å². The first kappa shape index (κ1) is 24.8. The minimum atomic E-state index is -3.68. The molecule has 1 N–H and O–H groups in total. The van der Waals surface area contributed by atoms with Gasteiger partial charge in [0.1, 0.15) is 11.5 Å². The quantitative estimate of drug-likeness (QED) is 0.532. The molecule has 1 aliphatic heterocycles. The first-order valence-corrected chi connectivity index (χ1v) is 12.3. The highest BCUT2D eigenvalue weighted by atomic mass is 32.2. The van der Waals surface area contributed by atoms with Crippen molar-refractivity contribution in [3.63, 3.8) is 0 Å². The molecular formula is C24H30N2O6S. The molecule has 0 unspecified atom stereocenters. The van der Waals surface area contributed by atoms with Crippen molar-refractivity contribution >= 4 is 21.6 Å². The van der Waals surface area contributed by atoms with Gasteiger partial charge < -0.3 is 19.5 Å². The highest BCUT2D eigenvalue weighted by Crippen LogP contribution is 2.26. The fraction of sp³-hybridized carbons (Fsp3) is 0.375. The first-order valence-electron chi connectivity index (χ1n) is 10.8. The first-order chi connectivity index (χ1) is 15.8. The smallest absolute Gasteiger partial charge is 0.262 e. The molecule has 0 aromatic heterocycles. The molecule has 0 bridgehead atoms. The summed E-state index contributed by atoms with van der Waals surface area (Å²) in [7, 11) is -3.68. The van der Waals surface area contributed by atoms with E-state index < -0.39 is 15.9 Å². The third kappa shape index (κ3) is 6.34. The average Bonchev–Trinajstić information content (AvgIpc) is 2.81. The highest BCUT2D eigenvalue weighted by Gasteiger charge is 2.28. The number of rotatable bonds is 10. The number of aryl methyl sites for hydroxylation is 1. The van der Waals surface area contributed by atoms with Crippen LogP contribution in [0.5, 0.6) is 11.5 Å². The monoisotopic (exact) mass is 474 g/mol. The Morgan fingerprint density at radius 2 is 1.94 bits per heavy atom. The van der Waals surface area contributed by atoms with Gasteiger partial charge in [0.15, 0.2) is 6.61 Å². The van der Waals surface area contributed by atoms with Gasteiger partial charge in [-0.15, -0.1) is 6.58 Å². The molecule has 3 rings (SSSR count). The summed E-state index contributed by atoms with van der Waals surface area (Å²) in [5.74, 6) is 0.889. The van der Waals surface area contributed by atoms with E-state index in [1.54, 1.807) is 37.3 Å². The molecule has 8 nitrogen and oxygen atoms in total. The van der Waals surface area contributed by atoms with Crippen LogP contribution in [-0.2, 0) is 26.0 Å². The van der Waals surface area contributed by atoms with Gasteiger partial charge in [0.05, 0.1) is 24.7 Å². The minimum Gasteiger partial charge on any atom is -0.494 e. The van der Waals surface area contributed by atoms with Crippen LogP contribution in [0.25, 0.3) is 0 Å². The van der Waals surface area contributed by atoms with Crippen LogP contribution in [0.15, 0.2) is 53.9 Å². The fourth-order valence-corrected chi connectivity index (χ4v) is 5.15. The molecule has 0 spiro atoms. The molecule has 1 saturated heterocycles. The summed E-state index contributed by atoms with van der Waals surface area (Å²) in [6.45, 7) is 9.07. The number of morpholine rings is 1. The summed E-state index contributed by atoms with van der Waals surface area (Å²) in [4.78, 5) is 12.7. The predicted molar refractivity (Wildman–Crippen MR) is 126 cm³/mol. The van der Waals surface area contributed by atoms with E-state index in [9.17, 15) is 13.2 Å². The van der Waals surface area contributed by atoms with Crippen molar-refractivity contribution in [3.05, 3.63) is 60.2 Å². The fourth-order valence-electron chi connectivity index (χ4n) is 3.49. The van der Waals surface area contributed by atoms with Crippen LogP contribution in [0.4, 0.5) is 5.69 Å². The van der Waals surface area contributed by atoms with E-state index in [4.69, 9.17) is 14.2 Å². The second kappa shape index (κ2) is 11.3. The summed E-state index contributed by atoms with van der Waals surface area (Å²) in [5.41, 5.74) is 1.86. The summed E-state index contributed by atoms with van der Waals surface area (Å²) in [6.07, 6.45) is 2.32. The molecule has 33 heavy (non-hydrogen) atoms. The topological polar surface area (TPSA) is 94.2 Å². The van der Waals surface area contributed by atoms with Crippen LogP contribution in [0.3, 0.4) is 0 Å². The van der Waals surface area contributed by atoms with E-state index in [1.807, 2.05) is 13.0 Å². The van der Waals surface area contributed by atoms with Crippen molar-refractivity contribution in [1.82, 2.24) is 4.31 Å². The Balaban J connectivity index is 1.69. The third-order valence-electron chi connectivity index (χ3n) is 5.13. The molecule has 0 saturated carbocycles. The summed E-state index contributed by atoms with van der Waals surface area (Å²) >= 11 is 0. The van der Waals surface area contributed by atoms with Crippen molar-refractivity contribution in [2.75, 3.05) is 44.8 Å². The van der Waals surface area contributed by atoms with E-state index >= 15 is 0 Å². The molecule has 1 aliphatic rings. The van der Waals surface area contributed by atoms with Gasteiger partial charge in [0.25, 0.3) is 5.91 Å². The van der Waals surface area contributed by atoms with Gasteiger partial charge in [-0.3, -0.25) is 4.79 Å². The highest BCUT2D eigenvalue weighted by molar-refractivity contribution is 7.89. The van der Waals surface area contributed by atoms with Crippen LogP contribution >= 0.6 is 0 Å². The number of allylic oxidation sites excluding steroid dienone is 1. The van der Waals surface area contributed by atoms with Gasteiger partial charge in [-0.1, -0.05) is 12.1 Å². The molecule has 2 aromatic carbocycles. The molecule has 1 heterocycles. The van der Waals surface area contributed by atoms with Gasteiger partial charge in [0.2, 0.25) is 10.0 Å². The van der Waals surface area contributed by atoms with Gasteiger partial charge >= 0.3 is 0 Å². The molecule has 0 atom stereocenters. The van der Waals surface area contributed by atoms with Crippen molar-refractivity contribution < 1.29 is 27.4 Å². The van der Waals surface area contributed by atoms with Gasteiger partial charge in [0, 0.05) is 24.3 Å². The number of nitrogens with one attached hydrogen (secondary N) is 1. The number of carbonyl (C=O) groups excluding carboxylic acids is 1. The largest absolute Gasteiger partial charge is 0.494 e. The van der Waals surface area contributed by atoms with Crippen molar-refractivity contribution in [3.8, 4) is 11.5 Å². The molecule has 0 aliphatic carbocycles. The van der Waals surface area contributed by atoms with E-state index in [1.165, 1.54) is 10.4 Å².